The molecule has 1 heterocycles. The number of benzene rings is 2. The molecule has 0 spiro atoms. The Labute approximate surface area is 160 Å². The zero-order valence-corrected chi connectivity index (χ0v) is 16.0. The summed E-state index contributed by atoms with van der Waals surface area (Å²) < 4.78 is 5.28. The van der Waals surface area contributed by atoms with Crippen LogP contribution in [0.3, 0.4) is 0 Å². The molecule has 144 valence electrons. The van der Waals surface area contributed by atoms with Gasteiger partial charge in [0, 0.05) is 44.5 Å². The average molecular weight is 368 g/mol. The maximum absolute atomic E-state index is 11.8. The first kappa shape index (κ1) is 19.0. The molecule has 1 atom stereocenters. The number of anilines is 2. The first-order valence-electron chi connectivity index (χ1n) is 9.34. The SMILES string of the molecule is COc1cccc(NC(C)CN2CCN(c3ccccc3)CC2)c1C(N)=O. The minimum Gasteiger partial charge on any atom is -0.496 e. The number of nitrogens with zero attached hydrogens (tertiary/aromatic N) is 2. The molecule has 2 aromatic rings. The Bertz CT molecular complexity index is 758. The summed E-state index contributed by atoms with van der Waals surface area (Å²) in [5, 5.41) is 3.42. The van der Waals surface area contributed by atoms with Crippen LogP contribution >= 0.6 is 0 Å². The minimum absolute atomic E-state index is 0.179. The first-order chi connectivity index (χ1) is 13.1. The molecule has 1 amide bonds. The number of rotatable bonds is 7. The first-order valence-corrected chi connectivity index (χ1v) is 9.34. The highest BCUT2D eigenvalue weighted by Crippen LogP contribution is 2.26. The van der Waals surface area contributed by atoms with Crippen LogP contribution < -0.4 is 20.7 Å². The van der Waals surface area contributed by atoms with Gasteiger partial charge in [-0.2, -0.15) is 0 Å². The Kier molecular flexibility index (Phi) is 6.19. The number of carbonyl (C=O) groups excluding carboxylic acids is 1. The van der Waals surface area contributed by atoms with Crippen LogP contribution in [0.5, 0.6) is 5.75 Å². The van der Waals surface area contributed by atoms with Crippen molar-refractivity contribution in [3.8, 4) is 5.75 Å². The van der Waals surface area contributed by atoms with E-state index in [1.165, 1.54) is 5.69 Å². The zero-order chi connectivity index (χ0) is 19.2. The number of methoxy groups -OCH3 is 1. The predicted molar refractivity (Wildman–Crippen MR) is 110 cm³/mol. The number of primary amides is 1. The standard InChI is InChI=1S/C21H28N4O2/c1-16(23-18-9-6-10-19(27-2)20(18)21(22)26)15-24-11-13-25(14-12-24)17-7-4-3-5-8-17/h3-10,16,23H,11-15H2,1-2H3,(H2,22,26). The summed E-state index contributed by atoms with van der Waals surface area (Å²) in [5.74, 6) is 0.00907. The molecule has 6 heteroatoms. The quantitative estimate of drug-likeness (QED) is 0.785. The highest BCUT2D eigenvalue weighted by Gasteiger charge is 2.20. The van der Waals surface area contributed by atoms with E-state index in [1.807, 2.05) is 18.2 Å². The number of piperazine rings is 1. The van der Waals surface area contributed by atoms with Crippen LogP contribution in [0.15, 0.2) is 48.5 Å². The van der Waals surface area contributed by atoms with E-state index in [0.29, 0.717) is 11.3 Å². The van der Waals surface area contributed by atoms with E-state index in [9.17, 15) is 4.79 Å². The fourth-order valence-corrected chi connectivity index (χ4v) is 3.60. The smallest absolute Gasteiger partial charge is 0.254 e. The van der Waals surface area contributed by atoms with Crippen molar-refractivity contribution in [2.75, 3.05) is 50.1 Å². The number of nitrogens with one attached hydrogen (secondary N) is 1. The van der Waals surface area contributed by atoms with Gasteiger partial charge in [0.25, 0.3) is 5.91 Å². The molecule has 1 aliphatic heterocycles. The number of nitrogens with two attached hydrogens (primary N) is 1. The number of amides is 1. The van der Waals surface area contributed by atoms with Gasteiger partial charge < -0.3 is 20.7 Å². The molecule has 3 N–H and O–H groups in total. The molecule has 2 aromatic carbocycles. The van der Waals surface area contributed by atoms with Crippen LogP contribution in [-0.2, 0) is 0 Å². The number of ether oxygens (including phenoxy) is 1. The van der Waals surface area contributed by atoms with Crippen LogP contribution in [0.1, 0.15) is 17.3 Å². The van der Waals surface area contributed by atoms with E-state index in [1.54, 1.807) is 13.2 Å². The Morgan fingerprint density at radius 1 is 1.11 bits per heavy atom. The van der Waals surface area contributed by atoms with E-state index in [4.69, 9.17) is 10.5 Å². The Hall–Kier alpha value is -2.73. The highest BCUT2D eigenvalue weighted by molar-refractivity contribution is 6.01. The molecule has 1 saturated heterocycles. The lowest BCUT2D eigenvalue weighted by Crippen LogP contribution is -2.49. The summed E-state index contributed by atoms with van der Waals surface area (Å²) in [6.45, 7) is 7.08. The van der Waals surface area contributed by atoms with Gasteiger partial charge in [0.1, 0.15) is 11.3 Å². The topological polar surface area (TPSA) is 70.8 Å². The molecule has 1 fully saturated rings. The normalized spacial score (nSPS) is 16.0. The van der Waals surface area contributed by atoms with Crippen molar-refractivity contribution in [1.29, 1.82) is 0 Å². The predicted octanol–water partition coefficient (Wildman–Crippen LogP) is 2.42. The van der Waals surface area contributed by atoms with Gasteiger partial charge in [-0.05, 0) is 31.2 Å². The molecular formula is C21H28N4O2. The zero-order valence-electron chi connectivity index (χ0n) is 16.0. The van der Waals surface area contributed by atoms with Gasteiger partial charge in [-0.1, -0.05) is 24.3 Å². The average Bonchev–Trinajstić information content (AvgIpc) is 2.68. The van der Waals surface area contributed by atoms with E-state index < -0.39 is 5.91 Å². The molecule has 27 heavy (non-hydrogen) atoms. The second kappa shape index (κ2) is 8.77. The molecule has 0 bridgehead atoms. The molecule has 1 unspecified atom stereocenters. The summed E-state index contributed by atoms with van der Waals surface area (Å²) in [6, 6.07) is 16.2. The Balaban J connectivity index is 1.56. The van der Waals surface area contributed by atoms with Crippen molar-refractivity contribution in [3.05, 3.63) is 54.1 Å². The summed E-state index contributed by atoms with van der Waals surface area (Å²) >= 11 is 0. The second-order valence-corrected chi connectivity index (χ2v) is 6.92. The summed E-state index contributed by atoms with van der Waals surface area (Å²) in [6.07, 6.45) is 0. The lowest BCUT2D eigenvalue weighted by atomic mass is 10.1. The third kappa shape index (κ3) is 4.71. The fourth-order valence-electron chi connectivity index (χ4n) is 3.60. The van der Waals surface area contributed by atoms with Gasteiger partial charge in [-0.3, -0.25) is 9.69 Å². The molecule has 1 aliphatic rings. The molecule has 6 nitrogen and oxygen atoms in total. The number of carbonyl (C=O) groups is 1. The van der Waals surface area contributed by atoms with Crippen LogP contribution in [0.25, 0.3) is 0 Å². The van der Waals surface area contributed by atoms with Gasteiger partial charge >= 0.3 is 0 Å². The maximum Gasteiger partial charge on any atom is 0.254 e. The third-order valence-corrected chi connectivity index (χ3v) is 4.92. The van der Waals surface area contributed by atoms with Crippen molar-refractivity contribution in [2.45, 2.75) is 13.0 Å². The molecule has 3 rings (SSSR count). The third-order valence-electron chi connectivity index (χ3n) is 4.92. The van der Waals surface area contributed by atoms with E-state index in [2.05, 4.69) is 46.3 Å². The number of hydrogen-bond acceptors (Lipinski definition) is 5. The summed E-state index contributed by atoms with van der Waals surface area (Å²) in [5.41, 5.74) is 7.95. The van der Waals surface area contributed by atoms with Gasteiger partial charge in [0.2, 0.25) is 0 Å². The minimum atomic E-state index is -0.487. The van der Waals surface area contributed by atoms with Crippen LogP contribution in [0, 0.1) is 0 Å². The number of para-hydroxylation sites is 1. The summed E-state index contributed by atoms with van der Waals surface area (Å²) in [4.78, 5) is 16.7. The van der Waals surface area contributed by atoms with Crippen LogP contribution in [-0.4, -0.2) is 56.7 Å². The highest BCUT2D eigenvalue weighted by atomic mass is 16.5. The monoisotopic (exact) mass is 368 g/mol. The second-order valence-electron chi connectivity index (χ2n) is 6.92. The van der Waals surface area contributed by atoms with Gasteiger partial charge in [-0.25, -0.2) is 0 Å². The van der Waals surface area contributed by atoms with Gasteiger partial charge in [-0.15, -0.1) is 0 Å². The summed E-state index contributed by atoms with van der Waals surface area (Å²) in [7, 11) is 1.54. The van der Waals surface area contributed by atoms with Crippen molar-refractivity contribution < 1.29 is 9.53 Å². The molecule has 0 aromatic heterocycles. The molecule has 0 radical (unpaired) electrons. The van der Waals surface area contributed by atoms with Crippen LogP contribution in [0.4, 0.5) is 11.4 Å². The maximum atomic E-state index is 11.8. The largest absolute Gasteiger partial charge is 0.496 e. The number of hydrogen-bond donors (Lipinski definition) is 2. The van der Waals surface area contributed by atoms with Crippen LogP contribution in [0.2, 0.25) is 0 Å². The van der Waals surface area contributed by atoms with Crippen molar-refractivity contribution in [3.63, 3.8) is 0 Å². The van der Waals surface area contributed by atoms with Crippen molar-refractivity contribution >= 4 is 17.3 Å². The van der Waals surface area contributed by atoms with E-state index >= 15 is 0 Å². The lowest BCUT2D eigenvalue weighted by Gasteiger charge is -2.37. The van der Waals surface area contributed by atoms with E-state index in [0.717, 1.165) is 38.4 Å². The molecule has 0 aliphatic carbocycles. The Morgan fingerprint density at radius 2 is 1.81 bits per heavy atom. The molecule has 0 saturated carbocycles. The van der Waals surface area contributed by atoms with Gasteiger partial charge in [0.05, 0.1) is 12.8 Å². The van der Waals surface area contributed by atoms with Crippen molar-refractivity contribution in [1.82, 2.24) is 4.90 Å². The van der Waals surface area contributed by atoms with E-state index in [-0.39, 0.29) is 6.04 Å². The van der Waals surface area contributed by atoms with Gasteiger partial charge in [0.15, 0.2) is 0 Å². The lowest BCUT2D eigenvalue weighted by molar-refractivity contribution is 0.0998. The molecular weight excluding hydrogens is 340 g/mol. The van der Waals surface area contributed by atoms with Crippen molar-refractivity contribution in [2.24, 2.45) is 5.73 Å². The Morgan fingerprint density at radius 3 is 2.44 bits per heavy atom. The fraction of sp³-hybridized carbons (Fsp3) is 0.381.